The first-order valence-electron chi connectivity index (χ1n) is 11.3. The minimum Gasteiger partial charge on any atom is -0.472 e. The number of nitrogens with one attached hydrogen (secondary N) is 1. The number of rotatable bonds is 4. The van der Waals surface area contributed by atoms with Gasteiger partial charge in [0.1, 0.15) is 6.26 Å². The number of anilines is 2. The molecule has 7 nitrogen and oxygen atoms in total. The van der Waals surface area contributed by atoms with Gasteiger partial charge in [0.05, 0.1) is 17.5 Å². The van der Waals surface area contributed by atoms with E-state index in [4.69, 9.17) is 4.42 Å². The van der Waals surface area contributed by atoms with Gasteiger partial charge in [0, 0.05) is 35.2 Å². The van der Waals surface area contributed by atoms with Gasteiger partial charge in [0.15, 0.2) is 17.3 Å². The van der Waals surface area contributed by atoms with E-state index < -0.39 is 11.6 Å². The maximum atomic E-state index is 13.8. The summed E-state index contributed by atoms with van der Waals surface area (Å²) in [4.78, 5) is 27.6. The Morgan fingerprint density at radius 2 is 1.89 bits per heavy atom. The van der Waals surface area contributed by atoms with Crippen molar-refractivity contribution in [3.8, 4) is 5.69 Å². The van der Waals surface area contributed by atoms with Crippen LogP contribution < -0.4 is 10.2 Å². The number of hydrogen-bond donors (Lipinski definition) is 1. The molecule has 6 rings (SSSR count). The molecule has 1 aliphatic carbocycles. The Balaban J connectivity index is 1.26. The highest BCUT2D eigenvalue weighted by atomic mass is 19.2. The molecule has 2 aromatic carbocycles. The molecule has 0 saturated heterocycles. The van der Waals surface area contributed by atoms with Crippen molar-refractivity contribution >= 4 is 23.2 Å². The van der Waals surface area contributed by atoms with E-state index in [0.29, 0.717) is 42.7 Å². The molecule has 1 aliphatic heterocycles. The number of nitrogens with zero attached hydrogens (tertiary/aromatic N) is 3. The third-order valence-corrected chi connectivity index (χ3v) is 6.54. The molecule has 0 bridgehead atoms. The van der Waals surface area contributed by atoms with E-state index >= 15 is 0 Å². The lowest BCUT2D eigenvalue weighted by molar-refractivity contribution is 0.0986. The zero-order valence-corrected chi connectivity index (χ0v) is 18.6. The second-order valence-electron chi connectivity index (χ2n) is 8.65. The summed E-state index contributed by atoms with van der Waals surface area (Å²) in [6.07, 6.45) is 5.81. The van der Waals surface area contributed by atoms with Crippen LogP contribution in [0.15, 0.2) is 59.4 Å². The van der Waals surface area contributed by atoms with Crippen LogP contribution in [0.3, 0.4) is 0 Å². The molecule has 0 fully saturated rings. The molecule has 0 unspecified atom stereocenters. The van der Waals surface area contributed by atoms with Gasteiger partial charge in [0.2, 0.25) is 0 Å². The smallest absolute Gasteiger partial charge is 0.276 e. The van der Waals surface area contributed by atoms with Crippen LogP contribution in [0.1, 0.15) is 44.1 Å². The van der Waals surface area contributed by atoms with Crippen LogP contribution in [0.4, 0.5) is 20.2 Å². The highest BCUT2D eigenvalue weighted by molar-refractivity contribution is 6.08. The summed E-state index contributed by atoms with van der Waals surface area (Å²) in [6, 6.07) is 10.7. The van der Waals surface area contributed by atoms with Crippen LogP contribution in [-0.4, -0.2) is 28.1 Å². The van der Waals surface area contributed by atoms with Crippen molar-refractivity contribution in [2.24, 2.45) is 0 Å². The van der Waals surface area contributed by atoms with E-state index in [1.165, 1.54) is 23.3 Å². The normalized spacial score (nSPS) is 14.2. The molecular formula is C26H20F2N4O3. The summed E-state index contributed by atoms with van der Waals surface area (Å²) >= 11 is 0. The molecule has 1 N–H and O–H groups in total. The predicted molar refractivity (Wildman–Crippen MR) is 124 cm³/mol. The molecule has 9 heteroatoms. The van der Waals surface area contributed by atoms with Crippen molar-refractivity contribution in [3.05, 3.63) is 94.7 Å². The zero-order valence-electron chi connectivity index (χ0n) is 18.6. The maximum Gasteiger partial charge on any atom is 0.276 e. The number of benzene rings is 2. The van der Waals surface area contributed by atoms with E-state index in [1.807, 2.05) is 12.1 Å². The van der Waals surface area contributed by atoms with Crippen LogP contribution in [0.5, 0.6) is 0 Å². The second-order valence-corrected chi connectivity index (χ2v) is 8.65. The molecule has 2 amide bonds. The van der Waals surface area contributed by atoms with Gasteiger partial charge in [-0.2, -0.15) is 5.10 Å². The SMILES string of the molecule is O=C(Nc1ccc2c(c1)CCN2C(=O)c1ccoc1)c1nn(-c2ccc(F)c(F)c2)c2c1CCC2. The summed E-state index contributed by atoms with van der Waals surface area (Å²) in [6.45, 7) is 0.545. The number of halogens is 2. The number of hydrogen-bond acceptors (Lipinski definition) is 4. The van der Waals surface area contributed by atoms with Crippen LogP contribution in [0.25, 0.3) is 5.69 Å². The predicted octanol–water partition coefficient (Wildman–Crippen LogP) is 4.69. The van der Waals surface area contributed by atoms with Crippen molar-refractivity contribution in [2.75, 3.05) is 16.8 Å². The van der Waals surface area contributed by atoms with Crippen molar-refractivity contribution in [3.63, 3.8) is 0 Å². The van der Waals surface area contributed by atoms with Gasteiger partial charge in [-0.1, -0.05) is 0 Å². The topological polar surface area (TPSA) is 80.4 Å². The monoisotopic (exact) mass is 474 g/mol. The lowest BCUT2D eigenvalue weighted by atomic mass is 10.1. The maximum absolute atomic E-state index is 13.8. The fourth-order valence-corrected chi connectivity index (χ4v) is 4.87. The van der Waals surface area contributed by atoms with Crippen molar-refractivity contribution in [2.45, 2.75) is 25.7 Å². The van der Waals surface area contributed by atoms with Gasteiger partial charge < -0.3 is 14.6 Å². The van der Waals surface area contributed by atoms with Crippen LogP contribution in [-0.2, 0) is 19.3 Å². The van der Waals surface area contributed by atoms with Crippen molar-refractivity contribution in [1.82, 2.24) is 9.78 Å². The van der Waals surface area contributed by atoms with Gasteiger partial charge in [-0.25, -0.2) is 13.5 Å². The van der Waals surface area contributed by atoms with Gasteiger partial charge in [0.25, 0.3) is 11.8 Å². The minimum absolute atomic E-state index is 0.132. The summed E-state index contributed by atoms with van der Waals surface area (Å²) < 4.78 is 33.8. The molecule has 4 aromatic rings. The van der Waals surface area contributed by atoms with E-state index in [-0.39, 0.29) is 17.5 Å². The van der Waals surface area contributed by atoms with Gasteiger partial charge in [-0.3, -0.25) is 9.59 Å². The molecule has 2 aliphatic rings. The largest absolute Gasteiger partial charge is 0.472 e. The Bertz CT molecular complexity index is 1480. The molecule has 0 atom stereocenters. The first-order chi connectivity index (χ1) is 17.0. The fourth-order valence-electron chi connectivity index (χ4n) is 4.87. The standard InChI is InChI=1S/C26H20F2N4O3/c27-20-6-5-18(13-21(20)28)32-23-3-1-2-19(23)24(30-32)25(33)29-17-4-7-22-15(12-17)8-10-31(22)26(34)16-9-11-35-14-16/h4-7,9,11-14H,1-3,8,10H2,(H,29,33). The quantitative estimate of drug-likeness (QED) is 0.466. The summed E-state index contributed by atoms with van der Waals surface area (Å²) in [7, 11) is 0. The Morgan fingerprint density at radius 1 is 1.00 bits per heavy atom. The minimum atomic E-state index is -0.964. The van der Waals surface area contributed by atoms with Crippen molar-refractivity contribution in [1.29, 1.82) is 0 Å². The third kappa shape index (κ3) is 3.60. The lowest BCUT2D eigenvalue weighted by Gasteiger charge is -2.16. The molecule has 0 radical (unpaired) electrons. The first-order valence-corrected chi connectivity index (χ1v) is 11.3. The lowest BCUT2D eigenvalue weighted by Crippen LogP contribution is -2.28. The van der Waals surface area contributed by atoms with Crippen LogP contribution in [0, 0.1) is 11.6 Å². The Hall–Kier alpha value is -4.27. The molecular weight excluding hydrogens is 454 g/mol. The molecule has 0 saturated carbocycles. The highest BCUT2D eigenvalue weighted by Crippen LogP contribution is 2.33. The average molecular weight is 474 g/mol. The van der Waals surface area contributed by atoms with Crippen LogP contribution in [0.2, 0.25) is 0 Å². The number of furan rings is 1. The fraction of sp³-hybridized carbons (Fsp3) is 0.192. The number of amides is 2. The number of aromatic nitrogens is 2. The Kier molecular flexibility index (Phi) is 4.98. The third-order valence-electron chi connectivity index (χ3n) is 6.54. The molecule has 2 aromatic heterocycles. The van der Waals surface area contributed by atoms with Gasteiger partial charge in [-0.05, 0) is 67.6 Å². The molecule has 0 spiro atoms. The first kappa shape index (κ1) is 21.3. The number of carbonyl (C=O) groups excluding carboxylic acids is 2. The number of fused-ring (bicyclic) bond motifs is 2. The molecule has 3 heterocycles. The van der Waals surface area contributed by atoms with Crippen LogP contribution >= 0.6 is 0 Å². The van der Waals surface area contributed by atoms with Gasteiger partial charge in [-0.15, -0.1) is 0 Å². The van der Waals surface area contributed by atoms with Crippen molar-refractivity contribution < 1.29 is 22.8 Å². The van der Waals surface area contributed by atoms with E-state index in [1.54, 1.807) is 17.0 Å². The van der Waals surface area contributed by atoms with Gasteiger partial charge >= 0.3 is 0 Å². The summed E-state index contributed by atoms with van der Waals surface area (Å²) in [5, 5.41) is 7.37. The molecule has 176 valence electrons. The Labute approximate surface area is 199 Å². The highest BCUT2D eigenvalue weighted by Gasteiger charge is 2.29. The average Bonchev–Trinajstić information content (AvgIpc) is 3.64. The van der Waals surface area contributed by atoms with E-state index in [2.05, 4.69) is 10.4 Å². The zero-order chi connectivity index (χ0) is 24.1. The summed E-state index contributed by atoms with van der Waals surface area (Å²) in [5.41, 5.74) is 5.16. The van der Waals surface area contributed by atoms with E-state index in [0.717, 1.165) is 41.1 Å². The molecule has 35 heavy (non-hydrogen) atoms. The Morgan fingerprint density at radius 3 is 2.69 bits per heavy atom. The number of carbonyl (C=O) groups is 2. The summed E-state index contributed by atoms with van der Waals surface area (Å²) in [5.74, 6) is -2.40. The second kappa shape index (κ2) is 8.19. The van der Waals surface area contributed by atoms with E-state index in [9.17, 15) is 18.4 Å².